The van der Waals surface area contributed by atoms with E-state index >= 15 is 0 Å². The van der Waals surface area contributed by atoms with Crippen LogP contribution in [0.4, 0.5) is 4.39 Å². The molecular formula is C19H26FN3O2. The van der Waals surface area contributed by atoms with E-state index in [1.165, 1.54) is 6.07 Å². The molecule has 2 fully saturated rings. The third kappa shape index (κ3) is 3.84. The number of fused-ring (bicyclic) bond motifs is 1. The zero-order chi connectivity index (χ0) is 18.1. The third-order valence-corrected chi connectivity index (χ3v) is 4.99. The standard InChI is InChI=1S/C19H26FN3O2/c1-11(2)6-16-19(25)23-10-14(8-17(23)18(24)22-16)21-9-13-7-12(3)4-5-15(13)20/h4-5,7,11,14,16-17,21H,6,8-10H2,1-3H3,(H,22,24)/t14-,16-,17-/m0/s1. The molecule has 2 saturated heterocycles. The number of amides is 2. The molecule has 2 N–H and O–H groups in total. The van der Waals surface area contributed by atoms with Gasteiger partial charge in [-0.3, -0.25) is 9.59 Å². The topological polar surface area (TPSA) is 61.4 Å². The molecule has 3 rings (SSSR count). The summed E-state index contributed by atoms with van der Waals surface area (Å²) >= 11 is 0. The molecule has 5 nitrogen and oxygen atoms in total. The summed E-state index contributed by atoms with van der Waals surface area (Å²) in [5.41, 5.74) is 1.62. The van der Waals surface area contributed by atoms with E-state index in [4.69, 9.17) is 0 Å². The second-order valence-electron chi connectivity index (χ2n) is 7.61. The Balaban J connectivity index is 1.63. The molecule has 1 aromatic rings. The van der Waals surface area contributed by atoms with Gasteiger partial charge in [0.05, 0.1) is 0 Å². The quantitative estimate of drug-likeness (QED) is 0.853. The lowest BCUT2D eigenvalue weighted by Crippen LogP contribution is -2.61. The molecule has 25 heavy (non-hydrogen) atoms. The number of nitrogens with zero attached hydrogens (tertiary/aromatic N) is 1. The Labute approximate surface area is 148 Å². The van der Waals surface area contributed by atoms with Crippen molar-refractivity contribution in [3.05, 3.63) is 35.1 Å². The van der Waals surface area contributed by atoms with Crippen LogP contribution in [0, 0.1) is 18.7 Å². The smallest absolute Gasteiger partial charge is 0.245 e. The van der Waals surface area contributed by atoms with Crippen molar-refractivity contribution in [1.29, 1.82) is 0 Å². The molecule has 0 saturated carbocycles. The molecule has 2 heterocycles. The van der Waals surface area contributed by atoms with Gasteiger partial charge in [-0.2, -0.15) is 0 Å². The van der Waals surface area contributed by atoms with Gasteiger partial charge in [0, 0.05) is 24.7 Å². The maximum Gasteiger partial charge on any atom is 0.245 e. The molecule has 0 bridgehead atoms. The average molecular weight is 347 g/mol. The predicted octanol–water partition coefficient (Wildman–Crippen LogP) is 1.74. The lowest BCUT2D eigenvalue weighted by atomic mass is 9.99. The van der Waals surface area contributed by atoms with E-state index in [0.29, 0.717) is 37.4 Å². The fourth-order valence-corrected chi connectivity index (χ4v) is 3.73. The monoisotopic (exact) mass is 347 g/mol. The van der Waals surface area contributed by atoms with Gasteiger partial charge in [-0.15, -0.1) is 0 Å². The van der Waals surface area contributed by atoms with Crippen molar-refractivity contribution in [3.8, 4) is 0 Å². The molecule has 2 amide bonds. The van der Waals surface area contributed by atoms with E-state index in [1.807, 2.05) is 26.8 Å². The van der Waals surface area contributed by atoms with Crippen molar-refractivity contribution in [2.45, 2.75) is 58.3 Å². The summed E-state index contributed by atoms with van der Waals surface area (Å²) in [4.78, 5) is 26.7. The first-order valence-electron chi connectivity index (χ1n) is 8.94. The Kier molecular flexibility index (Phi) is 5.08. The van der Waals surface area contributed by atoms with Crippen molar-refractivity contribution in [1.82, 2.24) is 15.5 Å². The number of hydrogen-bond donors (Lipinski definition) is 2. The minimum absolute atomic E-state index is 0.00240. The molecule has 136 valence electrons. The molecule has 3 atom stereocenters. The van der Waals surface area contributed by atoms with Crippen molar-refractivity contribution >= 4 is 11.8 Å². The second-order valence-corrected chi connectivity index (χ2v) is 7.61. The minimum Gasteiger partial charge on any atom is -0.342 e. The Morgan fingerprint density at radius 3 is 2.84 bits per heavy atom. The summed E-state index contributed by atoms with van der Waals surface area (Å²) < 4.78 is 13.9. The van der Waals surface area contributed by atoms with E-state index in [9.17, 15) is 14.0 Å². The number of carbonyl (C=O) groups is 2. The van der Waals surface area contributed by atoms with E-state index in [0.717, 1.165) is 5.56 Å². The molecule has 0 radical (unpaired) electrons. The van der Waals surface area contributed by atoms with Crippen LogP contribution >= 0.6 is 0 Å². The average Bonchev–Trinajstić information content (AvgIpc) is 2.98. The predicted molar refractivity (Wildman–Crippen MR) is 93.3 cm³/mol. The number of rotatable bonds is 5. The molecule has 6 heteroatoms. The zero-order valence-electron chi connectivity index (χ0n) is 15.0. The Hall–Kier alpha value is -1.95. The van der Waals surface area contributed by atoms with Gasteiger partial charge in [-0.05, 0) is 31.7 Å². The van der Waals surface area contributed by atoms with Gasteiger partial charge < -0.3 is 15.5 Å². The van der Waals surface area contributed by atoms with Gasteiger partial charge in [0.1, 0.15) is 17.9 Å². The second kappa shape index (κ2) is 7.12. The van der Waals surface area contributed by atoms with Gasteiger partial charge in [-0.1, -0.05) is 31.5 Å². The first-order valence-corrected chi connectivity index (χ1v) is 8.94. The molecule has 0 aromatic heterocycles. The normalized spacial score (nSPS) is 26.1. The minimum atomic E-state index is -0.420. The lowest BCUT2D eigenvalue weighted by molar-refractivity contribution is -0.147. The van der Waals surface area contributed by atoms with E-state index in [-0.39, 0.29) is 23.7 Å². The number of benzene rings is 1. The Bertz CT molecular complexity index is 677. The number of piperazine rings is 1. The highest BCUT2D eigenvalue weighted by atomic mass is 19.1. The summed E-state index contributed by atoms with van der Waals surface area (Å²) in [5.74, 6) is 0.0341. The Morgan fingerprint density at radius 2 is 2.12 bits per heavy atom. The number of carbonyl (C=O) groups excluding carboxylic acids is 2. The van der Waals surface area contributed by atoms with Gasteiger partial charge in [0.15, 0.2) is 0 Å². The van der Waals surface area contributed by atoms with E-state index < -0.39 is 12.1 Å². The highest BCUT2D eigenvalue weighted by Crippen LogP contribution is 2.25. The van der Waals surface area contributed by atoms with Gasteiger partial charge in [0.2, 0.25) is 11.8 Å². The number of halogens is 1. The zero-order valence-corrected chi connectivity index (χ0v) is 15.0. The van der Waals surface area contributed by atoms with Crippen LogP contribution in [0.1, 0.15) is 37.8 Å². The molecule has 0 aliphatic carbocycles. The molecule has 0 unspecified atom stereocenters. The maximum atomic E-state index is 13.9. The van der Waals surface area contributed by atoms with Crippen LogP contribution in [-0.4, -0.2) is 41.4 Å². The summed E-state index contributed by atoms with van der Waals surface area (Å²) in [6.45, 7) is 6.89. The Morgan fingerprint density at radius 1 is 1.36 bits per heavy atom. The largest absolute Gasteiger partial charge is 0.342 e. The third-order valence-electron chi connectivity index (χ3n) is 4.99. The van der Waals surface area contributed by atoms with Crippen LogP contribution in [0.3, 0.4) is 0 Å². The van der Waals surface area contributed by atoms with Crippen molar-refractivity contribution < 1.29 is 14.0 Å². The molecule has 2 aliphatic heterocycles. The van der Waals surface area contributed by atoms with Gasteiger partial charge >= 0.3 is 0 Å². The first kappa shape index (κ1) is 17.9. The highest BCUT2D eigenvalue weighted by molar-refractivity contribution is 5.97. The summed E-state index contributed by atoms with van der Waals surface area (Å²) in [6, 6.07) is 4.20. The van der Waals surface area contributed by atoms with Crippen molar-refractivity contribution in [2.24, 2.45) is 5.92 Å². The first-order chi connectivity index (χ1) is 11.8. The molecule has 1 aromatic carbocycles. The molecular weight excluding hydrogens is 321 g/mol. The van der Waals surface area contributed by atoms with Gasteiger partial charge in [-0.25, -0.2) is 4.39 Å². The highest BCUT2D eigenvalue weighted by Gasteiger charge is 2.46. The van der Waals surface area contributed by atoms with Crippen molar-refractivity contribution in [3.63, 3.8) is 0 Å². The molecule has 2 aliphatic rings. The van der Waals surface area contributed by atoms with Crippen LogP contribution in [0.2, 0.25) is 0 Å². The summed E-state index contributed by atoms with van der Waals surface area (Å²) in [5, 5.41) is 6.17. The number of nitrogens with one attached hydrogen (secondary N) is 2. The van der Waals surface area contributed by atoms with Gasteiger partial charge in [0.25, 0.3) is 0 Å². The van der Waals surface area contributed by atoms with Crippen LogP contribution in [0.5, 0.6) is 0 Å². The SMILES string of the molecule is Cc1ccc(F)c(CN[C@H]2C[C@H]3C(=O)N[C@@H](CC(C)C)C(=O)N3C2)c1. The van der Waals surface area contributed by atoms with Crippen molar-refractivity contribution in [2.75, 3.05) is 6.54 Å². The van der Waals surface area contributed by atoms with Crippen LogP contribution < -0.4 is 10.6 Å². The van der Waals surface area contributed by atoms with Crippen LogP contribution in [0.25, 0.3) is 0 Å². The van der Waals surface area contributed by atoms with Crippen LogP contribution in [-0.2, 0) is 16.1 Å². The fraction of sp³-hybridized carbons (Fsp3) is 0.579. The molecule has 0 spiro atoms. The van der Waals surface area contributed by atoms with E-state index in [2.05, 4.69) is 10.6 Å². The lowest BCUT2D eigenvalue weighted by Gasteiger charge is -2.35. The summed E-state index contributed by atoms with van der Waals surface area (Å²) in [6.07, 6.45) is 1.22. The van der Waals surface area contributed by atoms with Crippen LogP contribution in [0.15, 0.2) is 18.2 Å². The number of aryl methyl sites for hydroxylation is 1. The van der Waals surface area contributed by atoms with E-state index in [1.54, 1.807) is 11.0 Å². The fourth-order valence-electron chi connectivity index (χ4n) is 3.73. The number of hydrogen-bond acceptors (Lipinski definition) is 3. The summed E-state index contributed by atoms with van der Waals surface area (Å²) in [7, 11) is 0. The maximum absolute atomic E-state index is 13.9.